The molecule has 0 rings (SSSR count). The van der Waals surface area contributed by atoms with Crippen molar-refractivity contribution in [1.82, 2.24) is 0 Å². The van der Waals surface area contributed by atoms with Crippen LogP contribution in [-0.2, 0) is 18.3 Å². The average molecular weight is 249 g/mol. The van der Waals surface area contributed by atoms with Crippen LogP contribution in [0.1, 0.15) is 34.6 Å². The second-order valence-electron chi connectivity index (χ2n) is 4.09. The molecule has 1 atom stereocenters. The smallest absolute Gasteiger partial charge is 0.346 e. The molecule has 94 valence electrons. The predicted molar refractivity (Wildman–Crippen MR) is 61.1 cm³/mol. The van der Waals surface area contributed by atoms with Crippen molar-refractivity contribution in [2.75, 3.05) is 13.2 Å². The van der Waals surface area contributed by atoms with Gasteiger partial charge in [-0.15, -0.1) is 0 Å². The third-order valence-electron chi connectivity index (χ3n) is 1.48. The Morgan fingerprint density at radius 2 is 1.69 bits per heavy atom. The summed E-state index contributed by atoms with van der Waals surface area (Å²) in [6, 6.07) is 1.83. The van der Waals surface area contributed by atoms with Crippen molar-refractivity contribution in [3.63, 3.8) is 0 Å². The zero-order valence-electron chi connectivity index (χ0n) is 10.5. The van der Waals surface area contributed by atoms with E-state index in [1.54, 1.807) is 34.6 Å². The Hall–Kier alpha value is -0.400. The molecule has 16 heavy (non-hydrogen) atoms. The Morgan fingerprint density at radius 1 is 1.25 bits per heavy atom. The molecule has 0 saturated heterocycles. The molecule has 0 bridgehead atoms. The van der Waals surface area contributed by atoms with Gasteiger partial charge in [-0.3, -0.25) is 4.57 Å². The Balaban J connectivity index is 4.87. The van der Waals surface area contributed by atoms with E-state index in [0.717, 1.165) is 0 Å². The van der Waals surface area contributed by atoms with Crippen LogP contribution in [-0.4, -0.2) is 24.7 Å². The van der Waals surface area contributed by atoms with E-state index in [1.165, 1.54) is 0 Å². The summed E-state index contributed by atoms with van der Waals surface area (Å²) in [4.78, 5) is 0. The molecular formula is C10H20NO4P. The molecule has 0 spiro atoms. The second kappa shape index (κ2) is 6.36. The number of ether oxygens (including phenoxy) is 1. The van der Waals surface area contributed by atoms with Gasteiger partial charge >= 0.3 is 7.60 Å². The van der Waals surface area contributed by atoms with Gasteiger partial charge in [0, 0.05) is 0 Å². The van der Waals surface area contributed by atoms with Crippen LogP contribution < -0.4 is 0 Å². The van der Waals surface area contributed by atoms with E-state index in [1.807, 2.05) is 6.07 Å². The molecule has 0 aromatic heterocycles. The molecule has 6 heteroatoms. The molecule has 0 heterocycles. The van der Waals surface area contributed by atoms with Gasteiger partial charge in [0.1, 0.15) is 6.07 Å². The van der Waals surface area contributed by atoms with Crippen molar-refractivity contribution in [3.8, 4) is 6.07 Å². The molecule has 0 aliphatic rings. The van der Waals surface area contributed by atoms with Crippen LogP contribution >= 0.6 is 7.60 Å². The molecule has 0 aromatic carbocycles. The molecule has 0 saturated carbocycles. The number of nitriles is 1. The molecule has 0 N–H and O–H groups in total. The van der Waals surface area contributed by atoms with Crippen molar-refractivity contribution >= 4 is 7.60 Å². The van der Waals surface area contributed by atoms with Gasteiger partial charge in [-0.2, -0.15) is 5.26 Å². The molecule has 0 unspecified atom stereocenters. The van der Waals surface area contributed by atoms with E-state index in [0.29, 0.717) is 0 Å². The predicted octanol–water partition coefficient (Wildman–Crippen LogP) is 2.92. The van der Waals surface area contributed by atoms with Gasteiger partial charge in [-0.25, -0.2) is 0 Å². The number of nitrogens with zero attached hydrogens (tertiary/aromatic N) is 1. The van der Waals surface area contributed by atoms with Crippen LogP contribution in [0.25, 0.3) is 0 Å². The van der Waals surface area contributed by atoms with Crippen LogP contribution in [0, 0.1) is 11.3 Å². The van der Waals surface area contributed by atoms with E-state index in [9.17, 15) is 4.57 Å². The Labute approximate surface area is 97.2 Å². The highest BCUT2D eigenvalue weighted by Crippen LogP contribution is 2.54. The van der Waals surface area contributed by atoms with Crippen molar-refractivity contribution in [2.24, 2.45) is 0 Å². The lowest BCUT2D eigenvalue weighted by Crippen LogP contribution is -2.27. The Bertz CT molecular complexity index is 282. The lowest BCUT2D eigenvalue weighted by atomic mass is 10.2. The third-order valence-corrected chi connectivity index (χ3v) is 3.51. The Kier molecular flexibility index (Phi) is 6.20. The minimum absolute atomic E-state index is 0.211. The minimum Gasteiger partial charge on any atom is -0.346 e. The lowest BCUT2D eigenvalue weighted by Gasteiger charge is -2.27. The molecule has 5 nitrogen and oxygen atoms in total. The standard InChI is InChI=1S/C10H20NO4P/c1-6-13-16(12,14-7-2)9(8-11)15-10(3,4)5/h9H,6-7H2,1-5H3/t9-/m1/s1. The molecule has 0 aromatic rings. The van der Waals surface area contributed by atoms with E-state index in [-0.39, 0.29) is 13.2 Å². The second-order valence-corrected chi connectivity index (χ2v) is 6.15. The largest absolute Gasteiger partial charge is 0.373 e. The van der Waals surface area contributed by atoms with Gasteiger partial charge in [0.25, 0.3) is 0 Å². The first kappa shape index (κ1) is 15.6. The van der Waals surface area contributed by atoms with E-state index in [4.69, 9.17) is 19.0 Å². The number of hydrogen-bond acceptors (Lipinski definition) is 5. The topological polar surface area (TPSA) is 68.5 Å². The first-order valence-corrected chi connectivity index (χ1v) is 6.86. The maximum Gasteiger partial charge on any atom is 0.373 e. The Morgan fingerprint density at radius 3 is 1.94 bits per heavy atom. The van der Waals surface area contributed by atoms with Crippen LogP contribution in [0.5, 0.6) is 0 Å². The molecule has 0 radical (unpaired) electrons. The molecule has 0 amide bonds. The minimum atomic E-state index is -3.51. The maximum absolute atomic E-state index is 12.2. The zero-order chi connectivity index (χ0) is 12.8. The molecular weight excluding hydrogens is 229 g/mol. The summed E-state index contributed by atoms with van der Waals surface area (Å²) in [5.74, 6) is -1.19. The molecule has 0 aliphatic heterocycles. The van der Waals surface area contributed by atoms with Crippen molar-refractivity contribution in [1.29, 1.82) is 5.26 Å². The highest BCUT2D eigenvalue weighted by atomic mass is 31.2. The zero-order valence-corrected chi connectivity index (χ0v) is 11.4. The van der Waals surface area contributed by atoms with Crippen LogP contribution in [0.15, 0.2) is 0 Å². The van der Waals surface area contributed by atoms with Gasteiger partial charge in [-0.05, 0) is 34.6 Å². The third kappa shape index (κ3) is 5.09. The quantitative estimate of drug-likeness (QED) is 0.677. The average Bonchev–Trinajstić information content (AvgIpc) is 2.13. The monoisotopic (exact) mass is 249 g/mol. The van der Waals surface area contributed by atoms with Crippen molar-refractivity contribution in [2.45, 2.75) is 46.1 Å². The van der Waals surface area contributed by atoms with Gasteiger partial charge in [-0.1, -0.05) is 0 Å². The molecule has 0 fully saturated rings. The van der Waals surface area contributed by atoms with Gasteiger partial charge in [0.05, 0.1) is 18.8 Å². The fourth-order valence-electron chi connectivity index (χ4n) is 1.03. The summed E-state index contributed by atoms with van der Waals surface area (Å²) >= 11 is 0. The summed E-state index contributed by atoms with van der Waals surface area (Å²) in [7, 11) is -3.51. The summed E-state index contributed by atoms with van der Waals surface area (Å²) < 4.78 is 27.7. The van der Waals surface area contributed by atoms with Crippen LogP contribution in [0.3, 0.4) is 0 Å². The normalized spacial score (nSPS) is 14.5. The highest BCUT2D eigenvalue weighted by Gasteiger charge is 2.39. The number of rotatable bonds is 6. The summed E-state index contributed by atoms with van der Waals surface area (Å²) in [6.07, 6.45) is 0. The fraction of sp³-hybridized carbons (Fsp3) is 0.900. The van der Waals surface area contributed by atoms with Crippen LogP contribution in [0.2, 0.25) is 0 Å². The van der Waals surface area contributed by atoms with Gasteiger partial charge in [0.15, 0.2) is 0 Å². The first-order valence-electron chi connectivity index (χ1n) is 5.25. The first-order chi connectivity index (χ1) is 7.29. The van der Waals surface area contributed by atoms with Crippen molar-refractivity contribution in [3.05, 3.63) is 0 Å². The highest BCUT2D eigenvalue weighted by molar-refractivity contribution is 7.54. The van der Waals surface area contributed by atoms with E-state index in [2.05, 4.69) is 0 Å². The van der Waals surface area contributed by atoms with Gasteiger partial charge in [0.2, 0.25) is 5.85 Å². The maximum atomic E-state index is 12.2. The number of hydrogen-bond donors (Lipinski definition) is 0. The molecule has 0 aliphatic carbocycles. The SMILES string of the molecule is CCOP(=O)(OCC)[C@H](C#N)OC(C)(C)C. The fourth-order valence-corrected chi connectivity index (χ4v) is 2.68. The summed E-state index contributed by atoms with van der Waals surface area (Å²) in [5.41, 5.74) is -0.579. The van der Waals surface area contributed by atoms with Crippen LogP contribution in [0.4, 0.5) is 0 Å². The van der Waals surface area contributed by atoms with Gasteiger partial charge < -0.3 is 13.8 Å². The van der Waals surface area contributed by atoms with Crippen molar-refractivity contribution < 1.29 is 18.3 Å². The summed E-state index contributed by atoms with van der Waals surface area (Å²) in [5, 5.41) is 8.97. The van der Waals surface area contributed by atoms with E-state index >= 15 is 0 Å². The summed E-state index contributed by atoms with van der Waals surface area (Å²) in [6.45, 7) is 9.14. The van der Waals surface area contributed by atoms with E-state index < -0.39 is 19.0 Å². The lowest BCUT2D eigenvalue weighted by molar-refractivity contribution is -0.0160.